The lowest BCUT2D eigenvalue weighted by Gasteiger charge is -2.18. The summed E-state index contributed by atoms with van der Waals surface area (Å²) in [4.78, 5) is 42.9. The third kappa shape index (κ3) is 4.22. The predicted octanol–water partition coefficient (Wildman–Crippen LogP) is 5.57. The second-order valence-electron chi connectivity index (χ2n) is 7.34. The number of carbonyl (C=O) groups is 2. The Morgan fingerprint density at radius 2 is 1.81 bits per heavy atom. The average Bonchev–Trinajstić information content (AvgIpc) is 3.21. The number of hydrogen-bond donors (Lipinski definition) is 1. The van der Waals surface area contributed by atoms with Gasteiger partial charge in [0.1, 0.15) is 10.9 Å². The Bertz CT molecular complexity index is 1360. The molecule has 6 nitrogen and oxygen atoms in total. The summed E-state index contributed by atoms with van der Waals surface area (Å²) in [6.45, 7) is 3.33. The van der Waals surface area contributed by atoms with Crippen LogP contribution in [0.5, 0.6) is 0 Å². The summed E-state index contributed by atoms with van der Waals surface area (Å²) < 4.78 is 1.38. The van der Waals surface area contributed by atoms with Crippen molar-refractivity contribution in [3.05, 3.63) is 81.2 Å². The second kappa shape index (κ2) is 9.06. The maximum absolute atomic E-state index is 13.4. The molecule has 0 saturated heterocycles. The number of rotatable bonds is 6. The van der Waals surface area contributed by atoms with Gasteiger partial charge < -0.3 is 5.32 Å². The van der Waals surface area contributed by atoms with E-state index in [4.69, 9.17) is 11.6 Å². The van der Waals surface area contributed by atoms with E-state index in [2.05, 4.69) is 10.3 Å². The summed E-state index contributed by atoms with van der Waals surface area (Å²) in [5, 5.41) is 5.82. The molecule has 1 amide bonds. The zero-order valence-electron chi connectivity index (χ0n) is 17.5. The molecule has 32 heavy (non-hydrogen) atoms. The molecule has 2 aromatic heterocycles. The van der Waals surface area contributed by atoms with Crippen molar-refractivity contribution in [1.82, 2.24) is 9.55 Å². The van der Waals surface area contributed by atoms with Crippen molar-refractivity contribution in [1.29, 1.82) is 0 Å². The first-order chi connectivity index (χ1) is 15.4. The molecule has 0 aliphatic carbocycles. The molecule has 1 atom stereocenters. The highest BCUT2D eigenvalue weighted by Gasteiger charge is 2.23. The van der Waals surface area contributed by atoms with E-state index < -0.39 is 6.04 Å². The third-order valence-corrected chi connectivity index (χ3v) is 6.40. The molecule has 0 aliphatic rings. The lowest BCUT2D eigenvalue weighted by atomic mass is 10.1. The Morgan fingerprint density at radius 3 is 2.44 bits per heavy atom. The zero-order valence-corrected chi connectivity index (χ0v) is 19.0. The van der Waals surface area contributed by atoms with Crippen molar-refractivity contribution in [2.24, 2.45) is 0 Å². The minimum Gasteiger partial charge on any atom is -0.324 e. The number of halogens is 1. The Morgan fingerprint density at radius 1 is 1.12 bits per heavy atom. The zero-order chi connectivity index (χ0) is 22.8. The van der Waals surface area contributed by atoms with Crippen molar-refractivity contribution in [2.45, 2.75) is 26.3 Å². The molecule has 2 heterocycles. The number of benzene rings is 2. The molecular formula is C24H20ClN3O3S. The molecule has 1 N–H and O–H groups in total. The van der Waals surface area contributed by atoms with Crippen molar-refractivity contribution in [2.75, 3.05) is 5.32 Å². The van der Waals surface area contributed by atoms with Crippen LogP contribution in [-0.4, -0.2) is 21.2 Å². The molecule has 0 fully saturated rings. The summed E-state index contributed by atoms with van der Waals surface area (Å²) >= 11 is 7.38. The van der Waals surface area contributed by atoms with Crippen LogP contribution in [-0.2, 0) is 4.79 Å². The van der Waals surface area contributed by atoms with Gasteiger partial charge in [-0.2, -0.15) is 0 Å². The Balaban J connectivity index is 1.69. The van der Waals surface area contributed by atoms with E-state index in [-0.39, 0.29) is 17.2 Å². The quantitative estimate of drug-likeness (QED) is 0.377. The molecule has 0 radical (unpaired) electrons. The van der Waals surface area contributed by atoms with Crippen molar-refractivity contribution in [3.63, 3.8) is 0 Å². The van der Waals surface area contributed by atoms with E-state index >= 15 is 0 Å². The van der Waals surface area contributed by atoms with Gasteiger partial charge >= 0.3 is 0 Å². The molecule has 162 valence electrons. The minimum absolute atomic E-state index is 0.0486. The topological polar surface area (TPSA) is 81.1 Å². The van der Waals surface area contributed by atoms with E-state index in [0.29, 0.717) is 32.9 Å². The molecular weight excluding hydrogens is 446 g/mol. The van der Waals surface area contributed by atoms with Gasteiger partial charge in [-0.15, -0.1) is 11.3 Å². The Kier molecular flexibility index (Phi) is 6.21. The lowest BCUT2D eigenvalue weighted by Crippen LogP contribution is -2.33. The first kappa shape index (κ1) is 21.9. The van der Waals surface area contributed by atoms with Crippen molar-refractivity contribution >= 4 is 50.5 Å². The highest BCUT2D eigenvalue weighted by Crippen LogP contribution is 2.31. The van der Waals surface area contributed by atoms with Crippen LogP contribution in [0.3, 0.4) is 0 Å². The molecule has 0 aliphatic heterocycles. The van der Waals surface area contributed by atoms with Crippen LogP contribution in [0.1, 0.15) is 36.7 Å². The number of thiophene rings is 1. The van der Waals surface area contributed by atoms with Gasteiger partial charge in [0.2, 0.25) is 5.91 Å². The Hall–Kier alpha value is -3.29. The van der Waals surface area contributed by atoms with Gasteiger partial charge in [-0.1, -0.05) is 30.7 Å². The van der Waals surface area contributed by atoms with Gasteiger partial charge in [0.25, 0.3) is 5.56 Å². The standard InChI is InChI=1S/C24H20ClN3O3S/c1-3-20(22(30)27-18-10-6-15(7-11-18)14(2)29)28-13-26-23-21(24(28)31)19(12-32-23)16-4-8-17(25)9-5-16/h4-13,20H,3H2,1-2H3,(H,27,30). The number of amides is 1. The third-order valence-electron chi connectivity index (χ3n) is 5.26. The predicted molar refractivity (Wildman–Crippen MR) is 129 cm³/mol. The van der Waals surface area contributed by atoms with Crippen LogP contribution in [0.4, 0.5) is 5.69 Å². The fourth-order valence-corrected chi connectivity index (χ4v) is 4.56. The maximum atomic E-state index is 13.4. The summed E-state index contributed by atoms with van der Waals surface area (Å²) in [7, 11) is 0. The number of nitrogens with zero attached hydrogens (tertiary/aromatic N) is 2. The molecule has 2 aromatic carbocycles. The number of fused-ring (bicyclic) bond motifs is 1. The van der Waals surface area contributed by atoms with Crippen LogP contribution in [0.2, 0.25) is 5.02 Å². The van der Waals surface area contributed by atoms with Crippen LogP contribution in [0.25, 0.3) is 21.3 Å². The van der Waals surface area contributed by atoms with Crippen LogP contribution in [0.15, 0.2) is 65.0 Å². The van der Waals surface area contributed by atoms with Gasteiger partial charge in [0.05, 0.1) is 11.7 Å². The molecule has 1 unspecified atom stereocenters. The van der Waals surface area contributed by atoms with Crippen molar-refractivity contribution < 1.29 is 9.59 Å². The molecule has 4 rings (SSSR count). The van der Waals surface area contributed by atoms with Gasteiger partial charge in [-0.05, 0) is 55.3 Å². The summed E-state index contributed by atoms with van der Waals surface area (Å²) in [6, 6.07) is 13.2. The molecule has 4 aromatic rings. The summed E-state index contributed by atoms with van der Waals surface area (Å²) in [5.74, 6) is -0.373. The molecule has 0 saturated carbocycles. The molecule has 0 spiro atoms. The fraction of sp³-hybridized carbons (Fsp3) is 0.167. The average molecular weight is 466 g/mol. The number of anilines is 1. The highest BCUT2D eigenvalue weighted by atomic mass is 35.5. The van der Waals surface area contributed by atoms with Crippen LogP contribution >= 0.6 is 22.9 Å². The van der Waals surface area contributed by atoms with E-state index in [0.717, 1.165) is 11.1 Å². The van der Waals surface area contributed by atoms with Gasteiger partial charge in [0.15, 0.2) is 5.78 Å². The summed E-state index contributed by atoms with van der Waals surface area (Å²) in [5.41, 5.74) is 2.48. The summed E-state index contributed by atoms with van der Waals surface area (Å²) in [6.07, 6.45) is 1.84. The molecule has 8 heteroatoms. The van der Waals surface area contributed by atoms with Gasteiger partial charge in [0, 0.05) is 27.2 Å². The van der Waals surface area contributed by atoms with Crippen LogP contribution in [0, 0.1) is 0 Å². The van der Waals surface area contributed by atoms with Crippen LogP contribution < -0.4 is 10.9 Å². The Labute approximate surface area is 193 Å². The second-order valence-corrected chi connectivity index (χ2v) is 8.63. The smallest absolute Gasteiger partial charge is 0.263 e. The minimum atomic E-state index is -0.732. The molecule has 0 bridgehead atoms. The lowest BCUT2D eigenvalue weighted by molar-refractivity contribution is -0.119. The van der Waals surface area contributed by atoms with Gasteiger partial charge in [-0.25, -0.2) is 4.98 Å². The van der Waals surface area contributed by atoms with E-state index in [1.807, 2.05) is 24.4 Å². The first-order valence-electron chi connectivity index (χ1n) is 10.0. The van der Waals surface area contributed by atoms with Crippen molar-refractivity contribution in [3.8, 4) is 11.1 Å². The number of nitrogens with one attached hydrogen (secondary N) is 1. The monoisotopic (exact) mass is 465 g/mol. The number of hydrogen-bond acceptors (Lipinski definition) is 5. The van der Waals surface area contributed by atoms with E-state index in [1.165, 1.54) is 29.2 Å². The van der Waals surface area contributed by atoms with E-state index in [1.54, 1.807) is 36.4 Å². The largest absolute Gasteiger partial charge is 0.324 e. The number of Topliss-reactive ketones (excluding diaryl/α,β-unsaturated/α-hetero) is 1. The first-order valence-corrected chi connectivity index (χ1v) is 11.3. The van der Waals surface area contributed by atoms with Gasteiger partial charge in [-0.3, -0.25) is 19.0 Å². The van der Waals surface area contributed by atoms with E-state index in [9.17, 15) is 14.4 Å². The normalized spacial score (nSPS) is 12.0. The highest BCUT2D eigenvalue weighted by molar-refractivity contribution is 7.17. The number of carbonyl (C=O) groups excluding carboxylic acids is 2. The number of aromatic nitrogens is 2. The SMILES string of the molecule is CCC(C(=O)Nc1ccc(C(C)=O)cc1)n1cnc2scc(-c3ccc(Cl)cc3)c2c1=O. The maximum Gasteiger partial charge on any atom is 0.263 e. The fourth-order valence-electron chi connectivity index (χ4n) is 3.53. The number of ketones is 1.